The molecule has 37 heavy (non-hydrogen) atoms. The minimum Gasteiger partial charge on any atom is -0.481 e. The second kappa shape index (κ2) is 10.6. The van der Waals surface area contributed by atoms with Crippen LogP contribution in [-0.4, -0.2) is 17.0 Å². The number of alkyl halides is 3. The number of carboxylic acid groups (broad SMARTS) is 1. The number of thiophene rings is 1. The van der Waals surface area contributed by atoms with E-state index in [0.29, 0.717) is 38.4 Å². The van der Waals surface area contributed by atoms with Gasteiger partial charge >= 0.3 is 12.1 Å². The summed E-state index contributed by atoms with van der Waals surface area (Å²) >= 11 is 1.16. The van der Waals surface area contributed by atoms with E-state index in [9.17, 15) is 22.8 Å². The van der Waals surface area contributed by atoms with Gasteiger partial charge in [-0.2, -0.15) is 13.2 Å². The van der Waals surface area contributed by atoms with Crippen molar-refractivity contribution in [3.8, 4) is 11.5 Å². The molecule has 1 aromatic heterocycles. The molecular formula is C28H24F3NO4S. The fourth-order valence-electron chi connectivity index (χ4n) is 3.99. The summed E-state index contributed by atoms with van der Waals surface area (Å²) in [6.45, 7) is 3.76. The van der Waals surface area contributed by atoms with Crippen molar-refractivity contribution in [3.63, 3.8) is 0 Å². The van der Waals surface area contributed by atoms with E-state index in [-0.39, 0.29) is 18.9 Å². The van der Waals surface area contributed by atoms with Crippen LogP contribution in [0.15, 0.2) is 60.7 Å². The van der Waals surface area contributed by atoms with Crippen molar-refractivity contribution in [2.45, 2.75) is 39.4 Å². The highest BCUT2D eigenvalue weighted by Gasteiger charge is 2.31. The van der Waals surface area contributed by atoms with Gasteiger partial charge in [0.05, 0.1) is 10.4 Å². The molecule has 5 nitrogen and oxygen atoms in total. The molecule has 0 radical (unpaired) electrons. The number of hydrogen-bond donors (Lipinski definition) is 2. The Labute approximate surface area is 215 Å². The maximum Gasteiger partial charge on any atom is 0.416 e. The summed E-state index contributed by atoms with van der Waals surface area (Å²) in [7, 11) is 0. The average molecular weight is 528 g/mol. The first kappa shape index (κ1) is 26.2. The summed E-state index contributed by atoms with van der Waals surface area (Å²) in [5.41, 5.74) is 2.44. The molecule has 192 valence electrons. The summed E-state index contributed by atoms with van der Waals surface area (Å²) in [4.78, 5) is 24.0. The summed E-state index contributed by atoms with van der Waals surface area (Å²) < 4.78 is 45.8. The number of carbonyl (C=O) groups excluding carboxylic acids is 1. The molecule has 3 aromatic carbocycles. The van der Waals surface area contributed by atoms with Gasteiger partial charge < -0.3 is 15.2 Å². The Morgan fingerprint density at radius 2 is 1.76 bits per heavy atom. The zero-order chi connectivity index (χ0) is 26.7. The molecular weight excluding hydrogens is 503 g/mol. The molecule has 4 rings (SSSR count). The molecule has 1 heterocycles. The molecule has 0 atom stereocenters. The number of rotatable bonds is 8. The van der Waals surface area contributed by atoms with Crippen molar-refractivity contribution in [1.82, 2.24) is 5.32 Å². The predicted octanol–water partition coefficient (Wildman–Crippen LogP) is 7.28. The van der Waals surface area contributed by atoms with E-state index in [1.807, 2.05) is 25.1 Å². The fourth-order valence-corrected chi connectivity index (χ4v) is 5.09. The molecule has 2 N–H and O–H groups in total. The van der Waals surface area contributed by atoms with Crippen molar-refractivity contribution < 1.29 is 32.6 Å². The van der Waals surface area contributed by atoms with Gasteiger partial charge in [-0.3, -0.25) is 9.59 Å². The second-order valence-electron chi connectivity index (χ2n) is 8.68. The van der Waals surface area contributed by atoms with Crippen LogP contribution in [0.1, 0.15) is 43.9 Å². The molecule has 9 heteroatoms. The highest BCUT2D eigenvalue weighted by Crippen LogP contribution is 2.36. The molecule has 0 aliphatic heterocycles. The Hall–Kier alpha value is -3.85. The van der Waals surface area contributed by atoms with E-state index in [2.05, 4.69) is 5.32 Å². The Morgan fingerprint density at radius 1 is 1.00 bits per heavy atom. The molecule has 0 unspecified atom stereocenters. The number of carbonyl (C=O) groups is 2. The lowest BCUT2D eigenvalue weighted by Crippen LogP contribution is -2.22. The van der Waals surface area contributed by atoms with E-state index in [0.717, 1.165) is 40.2 Å². The van der Waals surface area contributed by atoms with Gasteiger partial charge in [-0.15, -0.1) is 11.3 Å². The van der Waals surface area contributed by atoms with Gasteiger partial charge in [0.2, 0.25) is 0 Å². The first-order chi connectivity index (χ1) is 17.5. The summed E-state index contributed by atoms with van der Waals surface area (Å²) in [5.74, 6) is -0.0214. The lowest BCUT2D eigenvalue weighted by Gasteiger charge is -2.11. The van der Waals surface area contributed by atoms with Crippen molar-refractivity contribution in [2.75, 3.05) is 0 Å². The number of aryl methyl sites for hydroxylation is 3. The van der Waals surface area contributed by atoms with E-state index >= 15 is 0 Å². The molecule has 1 amide bonds. The van der Waals surface area contributed by atoms with Gasteiger partial charge in [-0.05, 0) is 90.4 Å². The van der Waals surface area contributed by atoms with Crippen LogP contribution in [0.3, 0.4) is 0 Å². The molecule has 0 aliphatic carbocycles. The van der Waals surface area contributed by atoms with Crippen molar-refractivity contribution in [2.24, 2.45) is 0 Å². The highest BCUT2D eigenvalue weighted by molar-refractivity contribution is 7.21. The lowest BCUT2D eigenvalue weighted by molar-refractivity contribution is -0.138. The lowest BCUT2D eigenvalue weighted by atomic mass is 10.0. The maximum absolute atomic E-state index is 13.1. The third-order valence-corrected chi connectivity index (χ3v) is 7.25. The monoisotopic (exact) mass is 527 g/mol. The molecule has 0 saturated carbocycles. The normalized spacial score (nSPS) is 11.5. The van der Waals surface area contributed by atoms with Crippen LogP contribution in [0, 0.1) is 13.8 Å². The van der Waals surface area contributed by atoms with Crippen LogP contribution >= 0.6 is 11.3 Å². The topological polar surface area (TPSA) is 75.6 Å². The number of halogens is 3. The average Bonchev–Trinajstić information content (AvgIpc) is 3.17. The quantitative estimate of drug-likeness (QED) is 0.253. The second-order valence-corrected chi connectivity index (χ2v) is 9.73. The Morgan fingerprint density at radius 3 is 2.46 bits per heavy atom. The SMILES string of the molecule is Cc1cc(Oc2cccc(CNC(=O)c3sc4ccc(C(F)(F)F)cc4c3C)c2)ccc1CCC(=O)O. The number of nitrogens with one attached hydrogen (secondary N) is 1. The molecule has 0 bridgehead atoms. The number of fused-ring (bicyclic) bond motifs is 1. The van der Waals surface area contributed by atoms with E-state index in [1.165, 1.54) is 6.07 Å². The molecule has 0 fully saturated rings. The van der Waals surface area contributed by atoms with Gasteiger partial charge in [-0.1, -0.05) is 18.2 Å². The first-order valence-corrected chi connectivity index (χ1v) is 12.3. The Balaban J connectivity index is 1.43. The Bertz CT molecular complexity index is 1480. The largest absolute Gasteiger partial charge is 0.481 e. The van der Waals surface area contributed by atoms with E-state index in [4.69, 9.17) is 9.84 Å². The Kier molecular flexibility index (Phi) is 7.54. The first-order valence-electron chi connectivity index (χ1n) is 11.5. The number of carboxylic acids is 1. The van der Waals surface area contributed by atoms with Gasteiger partial charge in [0.1, 0.15) is 11.5 Å². The van der Waals surface area contributed by atoms with E-state index < -0.39 is 17.7 Å². The predicted molar refractivity (Wildman–Crippen MR) is 136 cm³/mol. The number of amides is 1. The number of aliphatic carboxylic acids is 1. The molecule has 0 saturated heterocycles. The summed E-state index contributed by atoms with van der Waals surface area (Å²) in [6, 6.07) is 16.2. The van der Waals surface area contributed by atoms with E-state index in [1.54, 1.807) is 31.2 Å². The van der Waals surface area contributed by atoms with Crippen molar-refractivity contribution >= 4 is 33.3 Å². The van der Waals surface area contributed by atoms with Crippen LogP contribution in [0.4, 0.5) is 13.2 Å². The molecule has 4 aromatic rings. The summed E-state index contributed by atoms with van der Waals surface area (Å²) in [5, 5.41) is 12.1. The van der Waals surface area contributed by atoms with Gasteiger partial charge in [0, 0.05) is 17.7 Å². The van der Waals surface area contributed by atoms with Crippen molar-refractivity contribution in [1.29, 1.82) is 0 Å². The molecule has 0 spiro atoms. The van der Waals surface area contributed by atoms with Gasteiger partial charge in [0.25, 0.3) is 5.91 Å². The molecule has 0 aliphatic rings. The zero-order valence-electron chi connectivity index (χ0n) is 20.1. The van der Waals surface area contributed by atoms with Gasteiger partial charge in [-0.25, -0.2) is 0 Å². The number of benzene rings is 3. The summed E-state index contributed by atoms with van der Waals surface area (Å²) in [6.07, 6.45) is -3.94. The van der Waals surface area contributed by atoms with Crippen LogP contribution in [0.2, 0.25) is 0 Å². The van der Waals surface area contributed by atoms with Crippen molar-refractivity contribution in [3.05, 3.63) is 93.4 Å². The zero-order valence-corrected chi connectivity index (χ0v) is 20.9. The minimum absolute atomic E-state index is 0.0599. The van der Waals surface area contributed by atoms with Gasteiger partial charge in [0.15, 0.2) is 0 Å². The third kappa shape index (κ3) is 6.29. The fraction of sp³-hybridized carbons (Fsp3) is 0.214. The van der Waals surface area contributed by atoms with Crippen LogP contribution in [0.5, 0.6) is 11.5 Å². The van der Waals surface area contributed by atoms with Crippen LogP contribution in [-0.2, 0) is 23.9 Å². The number of ether oxygens (including phenoxy) is 1. The highest BCUT2D eigenvalue weighted by atomic mass is 32.1. The van der Waals surface area contributed by atoms with Crippen LogP contribution in [0.25, 0.3) is 10.1 Å². The maximum atomic E-state index is 13.1. The minimum atomic E-state index is -4.45. The number of hydrogen-bond acceptors (Lipinski definition) is 4. The standard InChI is InChI=1S/C28H24F3NO4S/c1-16-12-22(9-6-19(16)7-11-25(33)34)36-21-5-3-4-18(13-21)15-32-27(35)26-17(2)23-14-20(28(29,30)31)8-10-24(23)37-26/h3-6,8-10,12-14H,7,11,15H2,1-2H3,(H,32,35)(H,33,34). The smallest absolute Gasteiger partial charge is 0.416 e. The third-order valence-electron chi connectivity index (χ3n) is 5.98. The van der Waals surface area contributed by atoms with Crippen LogP contribution < -0.4 is 10.1 Å².